The molecule has 0 fully saturated rings. The van der Waals surface area contributed by atoms with E-state index in [2.05, 4.69) is 20.4 Å². The highest BCUT2D eigenvalue weighted by molar-refractivity contribution is 7.08. The molecule has 2 N–H and O–H groups in total. The van der Waals surface area contributed by atoms with Crippen LogP contribution in [0.15, 0.2) is 22.9 Å². The first-order chi connectivity index (χ1) is 11.8. The number of methoxy groups -OCH3 is 1. The van der Waals surface area contributed by atoms with Gasteiger partial charge in [0.1, 0.15) is 5.69 Å². The van der Waals surface area contributed by atoms with E-state index in [4.69, 9.17) is 4.74 Å². The molecule has 0 radical (unpaired) electrons. The van der Waals surface area contributed by atoms with Gasteiger partial charge in [-0.15, -0.1) is 0 Å². The van der Waals surface area contributed by atoms with Gasteiger partial charge >= 0.3 is 0 Å². The van der Waals surface area contributed by atoms with E-state index in [1.165, 1.54) is 0 Å². The highest BCUT2D eigenvalue weighted by Crippen LogP contribution is 2.24. The SMILES string of the molecule is COCc1n[nH]c2c1CN(C(=O)c1cc(-c3ccsc3)n[nH]1)CC2. The lowest BCUT2D eigenvalue weighted by Gasteiger charge is -2.26. The third-order valence-electron chi connectivity index (χ3n) is 4.21. The first-order valence-corrected chi connectivity index (χ1v) is 8.61. The van der Waals surface area contributed by atoms with Crippen molar-refractivity contribution in [2.75, 3.05) is 13.7 Å². The van der Waals surface area contributed by atoms with E-state index in [0.29, 0.717) is 25.4 Å². The van der Waals surface area contributed by atoms with Crippen molar-refractivity contribution in [2.24, 2.45) is 0 Å². The molecule has 3 aromatic heterocycles. The molecule has 3 aromatic rings. The molecule has 0 saturated carbocycles. The minimum Gasteiger partial charge on any atom is -0.378 e. The molecule has 0 spiro atoms. The quantitative estimate of drug-likeness (QED) is 0.760. The van der Waals surface area contributed by atoms with E-state index in [9.17, 15) is 4.79 Å². The molecule has 7 nitrogen and oxygen atoms in total. The van der Waals surface area contributed by atoms with Crippen LogP contribution in [-0.4, -0.2) is 44.9 Å². The largest absolute Gasteiger partial charge is 0.378 e. The molecule has 1 amide bonds. The number of rotatable bonds is 4. The van der Waals surface area contributed by atoms with Crippen LogP contribution in [0.25, 0.3) is 11.3 Å². The van der Waals surface area contributed by atoms with Gasteiger partial charge in [0.2, 0.25) is 0 Å². The summed E-state index contributed by atoms with van der Waals surface area (Å²) < 4.78 is 5.18. The lowest BCUT2D eigenvalue weighted by molar-refractivity contribution is 0.0726. The lowest BCUT2D eigenvalue weighted by Crippen LogP contribution is -2.36. The van der Waals surface area contributed by atoms with Gasteiger partial charge in [-0.05, 0) is 17.5 Å². The Bertz CT molecular complexity index is 852. The van der Waals surface area contributed by atoms with E-state index in [-0.39, 0.29) is 5.91 Å². The Kier molecular flexibility index (Phi) is 3.91. The van der Waals surface area contributed by atoms with Crippen LogP contribution < -0.4 is 0 Å². The average Bonchev–Trinajstić information content (AvgIpc) is 3.34. The zero-order valence-electron chi connectivity index (χ0n) is 13.2. The smallest absolute Gasteiger partial charge is 0.272 e. The van der Waals surface area contributed by atoms with Crippen LogP contribution in [-0.2, 0) is 24.3 Å². The molecule has 0 atom stereocenters. The summed E-state index contributed by atoms with van der Waals surface area (Å²) >= 11 is 1.61. The number of aromatic amines is 2. The van der Waals surface area contributed by atoms with E-state index in [1.54, 1.807) is 18.4 Å². The number of nitrogens with zero attached hydrogens (tertiary/aromatic N) is 3. The molecule has 8 heteroatoms. The summed E-state index contributed by atoms with van der Waals surface area (Å²) in [6, 6.07) is 3.80. The molecule has 0 aliphatic carbocycles. The molecular weight excluding hydrogens is 326 g/mol. The number of carbonyl (C=O) groups excluding carboxylic acids is 1. The van der Waals surface area contributed by atoms with Crippen LogP contribution in [0.5, 0.6) is 0 Å². The topological polar surface area (TPSA) is 86.9 Å². The predicted octanol–water partition coefficient (Wildman–Crippen LogP) is 2.21. The predicted molar refractivity (Wildman–Crippen MR) is 89.6 cm³/mol. The molecule has 24 heavy (non-hydrogen) atoms. The number of amides is 1. The van der Waals surface area contributed by atoms with Crippen LogP contribution in [0.4, 0.5) is 0 Å². The average molecular weight is 343 g/mol. The van der Waals surface area contributed by atoms with E-state index in [0.717, 1.165) is 34.6 Å². The lowest BCUT2D eigenvalue weighted by atomic mass is 10.1. The second-order valence-electron chi connectivity index (χ2n) is 5.72. The Morgan fingerprint density at radius 3 is 3.12 bits per heavy atom. The zero-order valence-corrected chi connectivity index (χ0v) is 14.0. The first kappa shape index (κ1) is 15.1. The van der Waals surface area contributed by atoms with E-state index < -0.39 is 0 Å². The van der Waals surface area contributed by atoms with E-state index >= 15 is 0 Å². The number of nitrogens with one attached hydrogen (secondary N) is 2. The second kappa shape index (κ2) is 6.21. The molecule has 0 unspecified atom stereocenters. The molecule has 4 rings (SSSR count). The number of hydrogen-bond donors (Lipinski definition) is 2. The van der Waals surface area contributed by atoms with E-state index in [1.807, 2.05) is 27.8 Å². The van der Waals surface area contributed by atoms with Crippen molar-refractivity contribution >= 4 is 17.2 Å². The molecule has 0 aromatic carbocycles. The summed E-state index contributed by atoms with van der Waals surface area (Å²) in [5.41, 5.74) is 5.35. The number of thiophene rings is 1. The van der Waals surface area contributed by atoms with Gasteiger partial charge in [0.25, 0.3) is 5.91 Å². The summed E-state index contributed by atoms with van der Waals surface area (Å²) in [4.78, 5) is 14.6. The minimum atomic E-state index is -0.0424. The number of H-pyrrole nitrogens is 2. The fourth-order valence-corrected chi connectivity index (χ4v) is 3.59. The molecule has 1 aliphatic rings. The van der Waals surface area contributed by atoms with Gasteiger partial charge in [0, 0.05) is 48.8 Å². The van der Waals surface area contributed by atoms with Gasteiger partial charge < -0.3 is 9.64 Å². The van der Waals surface area contributed by atoms with Crippen molar-refractivity contribution in [3.63, 3.8) is 0 Å². The summed E-state index contributed by atoms with van der Waals surface area (Å²) in [5.74, 6) is -0.0424. The fraction of sp³-hybridized carbons (Fsp3) is 0.312. The van der Waals surface area contributed by atoms with Crippen LogP contribution in [0, 0.1) is 0 Å². The van der Waals surface area contributed by atoms with Crippen molar-refractivity contribution < 1.29 is 9.53 Å². The van der Waals surface area contributed by atoms with Gasteiger partial charge in [0.15, 0.2) is 0 Å². The van der Waals surface area contributed by atoms with Crippen molar-refractivity contribution in [1.82, 2.24) is 25.3 Å². The van der Waals surface area contributed by atoms with Crippen molar-refractivity contribution in [2.45, 2.75) is 19.6 Å². The normalized spacial score (nSPS) is 14.0. The number of fused-ring (bicyclic) bond motifs is 1. The molecule has 4 heterocycles. The maximum absolute atomic E-state index is 12.8. The Morgan fingerprint density at radius 1 is 1.42 bits per heavy atom. The minimum absolute atomic E-state index is 0.0424. The molecule has 124 valence electrons. The summed E-state index contributed by atoms with van der Waals surface area (Å²) in [6.45, 7) is 1.64. The van der Waals surface area contributed by atoms with Gasteiger partial charge in [-0.2, -0.15) is 21.5 Å². The Hall–Kier alpha value is -2.45. The molecule has 0 saturated heterocycles. The summed E-state index contributed by atoms with van der Waals surface area (Å²) in [7, 11) is 1.64. The Labute approximate surface area is 142 Å². The van der Waals surface area contributed by atoms with Gasteiger partial charge in [0.05, 0.1) is 18.0 Å². The summed E-state index contributed by atoms with van der Waals surface area (Å²) in [5, 5.41) is 18.5. The van der Waals surface area contributed by atoms with Crippen LogP contribution in [0.3, 0.4) is 0 Å². The Balaban J connectivity index is 1.54. The highest BCUT2D eigenvalue weighted by Gasteiger charge is 2.26. The van der Waals surface area contributed by atoms with Crippen LogP contribution in [0.1, 0.15) is 27.4 Å². The summed E-state index contributed by atoms with van der Waals surface area (Å²) in [6.07, 6.45) is 0.767. The van der Waals surface area contributed by atoms with Crippen molar-refractivity contribution in [3.05, 3.63) is 45.5 Å². The zero-order chi connectivity index (χ0) is 16.5. The molecule has 1 aliphatic heterocycles. The number of hydrogen-bond acceptors (Lipinski definition) is 5. The monoisotopic (exact) mass is 343 g/mol. The number of aromatic nitrogens is 4. The molecule has 0 bridgehead atoms. The Morgan fingerprint density at radius 2 is 2.33 bits per heavy atom. The third kappa shape index (κ3) is 2.63. The standard InChI is InChI=1S/C16H17N5O2S/c1-23-8-15-11-7-21(4-2-12(11)17-20-15)16(22)14-6-13(18-19-14)10-3-5-24-9-10/h3,5-6,9H,2,4,7-8H2,1H3,(H,17,20)(H,18,19). The fourth-order valence-electron chi connectivity index (χ4n) is 2.94. The van der Waals surface area contributed by atoms with Crippen molar-refractivity contribution in [3.8, 4) is 11.3 Å². The number of ether oxygens (including phenoxy) is 1. The van der Waals surface area contributed by atoms with Crippen LogP contribution in [0.2, 0.25) is 0 Å². The van der Waals surface area contributed by atoms with Gasteiger partial charge in [-0.25, -0.2) is 0 Å². The highest BCUT2D eigenvalue weighted by atomic mass is 32.1. The van der Waals surface area contributed by atoms with Gasteiger partial charge in [-0.1, -0.05) is 0 Å². The number of carbonyl (C=O) groups is 1. The van der Waals surface area contributed by atoms with Crippen LogP contribution >= 0.6 is 11.3 Å². The third-order valence-corrected chi connectivity index (χ3v) is 4.90. The van der Waals surface area contributed by atoms with Crippen molar-refractivity contribution in [1.29, 1.82) is 0 Å². The van der Waals surface area contributed by atoms with Gasteiger partial charge in [-0.3, -0.25) is 15.0 Å². The maximum atomic E-state index is 12.8. The second-order valence-corrected chi connectivity index (χ2v) is 6.50. The molecular formula is C16H17N5O2S. The maximum Gasteiger partial charge on any atom is 0.272 e. The first-order valence-electron chi connectivity index (χ1n) is 7.67.